The first-order chi connectivity index (χ1) is 8.28. The van der Waals surface area contributed by atoms with E-state index in [0.29, 0.717) is 23.2 Å². The van der Waals surface area contributed by atoms with Gasteiger partial charge in [-0.3, -0.25) is 0 Å². The minimum absolute atomic E-state index is 0.325. The average molecular weight is 274 g/mol. The van der Waals surface area contributed by atoms with Crippen LogP contribution in [0, 0.1) is 0 Å². The predicted molar refractivity (Wildman–Crippen MR) is 66.7 cm³/mol. The van der Waals surface area contributed by atoms with Crippen molar-refractivity contribution in [2.24, 2.45) is 0 Å². The van der Waals surface area contributed by atoms with E-state index in [1.54, 1.807) is 0 Å². The van der Waals surface area contributed by atoms with Crippen molar-refractivity contribution in [3.05, 3.63) is 17.0 Å². The molecular formula is C11H13Cl2N3O. The van der Waals surface area contributed by atoms with Crippen molar-refractivity contribution < 1.29 is 4.74 Å². The van der Waals surface area contributed by atoms with E-state index in [2.05, 4.69) is 14.9 Å². The number of anilines is 1. The topological polar surface area (TPSA) is 38.2 Å². The van der Waals surface area contributed by atoms with Crippen LogP contribution in [0.1, 0.15) is 18.4 Å². The molecule has 3 heterocycles. The summed E-state index contributed by atoms with van der Waals surface area (Å²) < 4.78 is 5.80. The molecule has 17 heavy (non-hydrogen) atoms. The van der Waals surface area contributed by atoms with Crippen molar-refractivity contribution in [3.63, 3.8) is 0 Å². The number of nitrogens with zero attached hydrogens (tertiary/aromatic N) is 3. The van der Waals surface area contributed by atoms with Crippen molar-refractivity contribution >= 4 is 29.0 Å². The molecule has 92 valence electrons. The second-order valence-corrected chi connectivity index (χ2v) is 5.09. The molecule has 6 heteroatoms. The molecule has 2 unspecified atom stereocenters. The van der Waals surface area contributed by atoms with Gasteiger partial charge in [0.15, 0.2) is 0 Å². The molecule has 4 nitrogen and oxygen atoms in total. The largest absolute Gasteiger partial charge is 0.371 e. The van der Waals surface area contributed by atoms with E-state index in [1.807, 2.05) is 0 Å². The maximum absolute atomic E-state index is 6.04. The summed E-state index contributed by atoms with van der Waals surface area (Å²) in [6.07, 6.45) is 4.41. The molecule has 0 aliphatic carbocycles. The summed E-state index contributed by atoms with van der Waals surface area (Å²) in [7, 11) is 0. The Kier molecular flexibility index (Phi) is 3.11. The zero-order valence-corrected chi connectivity index (χ0v) is 10.8. The van der Waals surface area contributed by atoms with E-state index in [0.717, 1.165) is 37.3 Å². The third-order valence-corrected chi connectivity index (χ3v) is 3.94. The lowest BCUT2D eigenvalue weighted by Crippen LogP contribution is -2.43. The Morgan fingerprint density at radius 2 is 2.00 bits per heavy atom. The Bertz CT molecular complexity index is 417. The Morgan fingerprint density at radius 1 is 1.29 bits per heavy atom. The summed E-state index contributed by atoms with van der Waals surface area (Å²) in [5.74, 6) is 1.20. The van der Waals surface area contributed by atoms with Crippen molar-refractivity contribution in [3.8, 4) is 0 Å². The lowest BCUT2D eigenvalue weighted by Gasteiger charge is -2.33. The number of ether oxygens (including phenoxy) is 1. The van der Waals surface area contributed by atoms with Crippen LogP contribution in [0.25, 0.3) is 0 Å². The normalized spacial score (nSPS) is 27.5. The fourth-order valence-corrected chi connectivity index (χ4v) is 3.07. The highest BCUT2D eigenvalue weighted by Gasteiger charge is 2.35. The zero-order valence-electron chi connectivity index (χ0n) is 9.27. The van der Waals surface area contributed by atoms with Gasteiger partial charge >= 0.3 is 0 Å². The minimum atomic E-state index is 0.325. The van der Waals surface area contributed by atoms with Gasteiger partial charge in [-0.2, -0.15) is 0 Å². The molecule has 0 spiro atoms. The van der Waals surface area contributed by atoms with Crippen LogP contribution >= 0.6 is 23.2 Å². The number of alkyl halides is 1. The van der Waals surface area contributed by atoms with Crippen LogP contribution < -0.4 is 4.90 Å². The third kappa shape index (κ3) is 2.09. The van der Waals surface area contributed by atoms with Crippen molar-refractivity contribution in [2.45, 2.75) is 30.9 Å². The summed E-state index contributed by atoms with van der Waals surface area (Å²) in [6.45, 7) is 1.74. The van der Waals surface area contributed by atoms with E-state index in [4.69, 9.17) is 27.9 Å². The van der Waals surface area contributed by atoms with Gasteiger partial charge in [0.05, 0.1) is 18.1 Å². The van der Waals surface area contributed by atoms with Gasteiger partial charge < -0.3 is 9.64 Å². The lowest BCUT2D eigenvalue weighted by molar-refractivity contribution is 0.0302. The molecule has 2 saturated heterocycles. The van der Waals surface area contributed by atoms with E-state index < -0.39 is 0 Å². The zero-order chi connectivity index (χ0) is 11.8. The number of halogens is 2. The molecule has 0 saturated carbocycles. The fraction of sp³-hybridized carbons (Fsp3) is 0.636. The highest BCUT2D eigenvalue weighted by Crippen LogP contribution is 2.32. The monoisotopic (exact) mass is 273 g/mol. The number of morpholine rings is 1. The standard InChI is InChI=1S/C11H13Cl2N3O/c12-3-9-10(13)14-6-15-11(9)16-4-7-1-2-8(5-16)17-7/h6-8H,1-5H2. The minimum Gasteiger partial charge on any atom is -0.371 e. The Labute approximate surface area is 110 Å². The number of hydrogen-bond acceptors (Lipinski definition) is 4. The van der Waals surface area contributed by atoms with E-state index in [-0.39, 0.29) is 0 Å². The molecule has 1 aromatic heterocycles. The van der Waals surface area contributed by atoms with Gasteiger partial charge in [-0.15, -0.1) is 11.6 Å². The Morgan fingerprint density at radius 3 is 2.65 bits per heavy atom. The first kappa shape index (κ1) is 11.5. The molecule has 1 aromatic rings. The molecular weight excluding hydrogens is 261 g/mol. The molecule has 0 amide bonds. The summed E-state index contributed by atoms with van der Waals surface area (Å²) in [4.78, 5) is 10.5. The molecule has 3 rings (SSSR count). The number of fused-ring (bicyclic) bond motifs is 2. The molecule has 0 N–H and O–H groups in total. The first-order valence-corrected chi connectivity index (χ1v) is 6.65. The van der Waals surface area contributed by atoms with E-state index >= 15 is 0 Å². The van der Waals surface area contributed by atoms with Crippen LogP contribution in [0.3, 0.4) is 0 Å². The van der Waals surface area contributed by atoms with Gasteiger partial charge in [-0.05, 0) is 12.8 Å². The van der Waals surface area contributed by atoms with Crippen LogP contribution in [0.5, 0.6) is 0 Å². The van der Waals surface area contributed by atoms with Gasteiger partial charge in [-0.25, -0.2) is 9.97 Å². The Hall–Kier alpha value is -0.580. The van der Waals surface area contributed by atoms with Crippen molar-refractivity contribution in [2.75, 3.05) is 18.0 Å². The molecule has 2 bridgehead atoms. The van der Waals surface area contributed by atoms with Crippen LogP contribution in [0.4, 0.5) is 5.82 Å². The van der Waals surface area contributed by atoms with E-state index in [9.17, 15) is 0 Å². The van der Waals surface area contributed by atoms with Crippen molar-refractivity contribution in [1.29, 1.82) is 0 Å². The maximum Gasteiger partial charge on any atom is 0.138 e. The van der Waals surface area contributed by atoms with Gasteiger partial charge in [-0.1, -0.05) is 11.6 Å². The molecule has 0 aromatic carbocycles. The highest BCUT2D eigenvalue weighted by atomic mass is 35.5. The van der Waals surface area contributed by atoms with Gasteiger partial charge in [0.1, 0.15) is 17.3 Å². The summed E-state index contributed by atoms with van der Waals surface area (Å²) in [6, 6.07) is 0. The fourth-order valence-electron chi connectivity index (χ4n) is 2.56. The summed E-state index contributed by atoms with van der Waals surface area (Å²) >= 11 is 12.0. The number of aromatic nitrogens is 2. The average Bonchev–Trinajstić information content (AvgIpc) is 2.68. The van der Waals surface area contributed by atoms with Crippen LogP contribution in [0.15, 0.2) is 6.33 Å². The third-order valence-electron chi connectivity index (χ3n) is 3.35. The summed E-state index contributed by atoms with van der Waals surface area (Å²) in [5.41, 5.74) is 0.817. The molecule has 0 radical (unpaired) electrons. The van der Waals surface area contributed by atoms with Crippen LogP contribution in [0.2, 0.25) is 5.15 Å². The number of rotatable bonds is 2. The van der Waals surface area contributed by atoms with Gasteiger partial charge in [0.2, 0.25) is 0 Å². The van der Waals surface area contributed by atoms with Crippen LogP contribution in [-0.2, 0) is 10.6 Å². The maximum atomic E-state index is 6.04. The SMILES string of the molecule is ClCc1c(Cl)ncnc1N1CC2CCC(C1)O2. The van der Waals surface area contributed by atoms with Crippen LogP contribution in [-0.4, -0.2) is 35.3 Å². The lowest BCUT2D eigenvalue weighted by atomic mass is 10.2. The van der Waals surface area contributed by atoms with E-state index in [1.165, 1.54) is 6.33 Å². The Balaban J connectivity index is 1.91. The second-order valence-electron chi connectivity index (χ2n) is 4.46. The highest BCUT2D eigenvalue weighted by molar-refractivity contribution is 6.31. The summed E-state index contributed by atoms with van der Waals surface area (Å²) in [5, 5.41) is 0.448. The number of hydrogen-bond donors (Lipinski definition) is 0. The molecule has 2 aliphatic rings. The second kappa shape index (κ2) is 4.59. The van der Waals surface area contributed by atoms with Crippen molar-refractivity contribution in [1.82, 2.24) is 9.97 Å². The molecule has 2 aliphatic heterocycles. The molecule has 2 atom stereocenters. The quantitative estimate of drug-likeness (QED) is 0.612. The molecule has 2 fully saturated rings. The van der Waals surface area contributed by atoms with Gasteiger partial charge in [0.25, 0.3) is 0 Å². The first-order valence-electron chi connectivity index (χ1n) is 5.73. The van der Waals surface area contributed by atoms with Gasteiger partial charge in [0, 0.05) is 18.7 Å². The predicted octanol–water partition coefficient (Wildman–Crippen LogP) is 2.24. The smallest absolute Gasteiger partial charge is 0.138 e.